The van der Waals surface area contributed by atoms with Crippen LogP contribution in [0, 0.1) is 0 Å². The predicted molar refractivity (Wildman–Crippen MR) is 57.4 cm³/mol. The number of ether oxygens (including phenoxy) is 1. The fourth-order valence-electron chi connectivity index (χ4n) is 1.45. The van der Waals surface area contributed by atoms with Gasteiger partial charge >= 0.3 is 35.9 Å². The van der Waals surface area contributed by atoms with Gasteiger partial charge in [0.2, 0.25) is 0 Å². The summed E-state index contributed by atoms with van der Waals surface area (Å²) in [6.07, 6.45) is -16.7. The number of hydrogen-bond acceptors (Lipinski definition) is 4. The van der Waals surface area contributed by atoms with Crippen molar-refractivity contribution in [3.63, 3.8) is 0 Å². The second-order valence-electron chi connectivity index (χ2n) is 4.83. The Hall–Kier alpha value is -1.80. The van der Waals surface area contributed by atoms with Crippen molar-refractivity contribution in [2.24, 2.45) is 0 Å². The Kier molecular flexibility index (Phi) is 5.76. The summed E-state index contributed by atoms with van der Waals surface area (Å²) in [5.74, 6) is -20.3. The molecular weight excluding hydrogens is 405 g/mol. The molecule has 1 aromatic heterocycles. The molecule has 0 aliphatic carbocycles. The van der Waals surface area contributed by atoms with Crippen LogP contribution in [0.25, 0.3) is 0 Å². The normalized spacial score (nSPS) is 14.7. The van der Waals surface area contributed by atoms with Crippen LogP contribution in [0.1, 0.15) is 12.2 Å². The highest BCUT2D eigenvalue weighted by molar-refractivity contribution is 4.95. The first-order valence-corrected chi connectivity index (χ1v) is 6.22. The highest BCUT2D eigenvalue weighted by Crippen LogP contribution is 2.48. The maximum absolute atomic E-state index is 13.3. The summed E-state index contributed by atoms with van der Waals surface area (Å²) in [6.45, 7) is -2.27. The monoisotopic (exact) mass is 412 g/mol. The molecule has 0 aliphatic heterocycles. The van der Waals surface area contributed by atoms with Crippen LogP contribution in [-0.2, 0) is 11.2 Å². The molecule has 152 valence electrons. The molecule has 26 heavy (non-hydrogen) atoms. The maximum atomic E-state index is 13.3. The minimum absolute atomic E-state index is 0.240. The zero-order valence-electron chi connectivity index (χ0n) is 12.0. The lowest BCUT2D eigenvalue weighted by Crippen LogP contribution is -2.53. The molecule has 0 saturated heterocycles. The SMILES string of the molecule is O=c1occ(CC(F)(F)C(F)(F)OCCC(F)(F)C(F)(F)C(F)(F)F)o1. The van der Waals surface area contributed by atoms with Gasteiger partial charge in [-0.25, -0.2) is 4.79 Å². The Morgan fingerprint density at radius 2 is 1.42 bits per heavy atom. The summed E-state index contributed by atoms with van der Waals surface area (Å²) in [6, 6.07) is 0. The first-order chi connectivity index (χ1) is 11.4. The summed E-state index contributed by atoms with van der Waals surface area (Å²) in [5.41, 5.74) is 0. The molecule has 0 bridgehead atoms. The molecule has 4 nitrogen and oxygen atoms in total. The van der Waals surface area contributed by atoms with Crippen LogP contribution in [0.2, 0.25) is 0 Å². The third kappa shape index (κ3) is 4.48. The molecule has 0 aromatic carbocycles. The van der Waals surface area contributed by atoms with E-state index in [0.717, 1.165) is 0 Å². The molecule has 15 heteroatoms. The minimum atomic E-state index is -6.71. The van der Waals surface area contributed by atoms with Gasteiger partial charge in [-0.1, -0.05) is 0 Å². The molecule has 0 saturated carbocycles. The van der Waals surface area contributed by atoms with Gasteiger partial charge in [-0.15, -0.1) is 0 Å². The first kappa shape index (κ1) is 22.2. The van der Waals surface area contributed by atoms with Crippen molar-refractivity contribution in [2.75, 3.05) is 6.61 Å². The first-order valence-electron chi connectivity index (χ1n) is 6.22. The lowest BCUT2D eigenvalue weighted by Gasteiger charge is -2.29. The number of rotatable bonds is 8. The van der Waals surface area contributed by atoms with Gasteiger partial charge in [0.15, 0.2) is 5.76 Å². The third-order valence-electron chi connectivity index (χ3n) is 2.84. The molecule has 0 fully saturated rings. The van der Waals surface area contributed by atoms with Crippen molar-refractivity contribution >= 4 is 0 Å². The molecule has 0 aliphatic rings. The molecule has 1 aromatic rings. The highest BCUT2D eigenvalue weighted by atomic mass is 19.4. The molecular formula is C11H7F11O4. The third-order valence-corrected chi connectivity index (χ3v) is 2.84. The second kappa shape index (κ2) is 6.74. The molecule has 0 unspecified atom stereocenters. The average molecular weight is 412 g/mol. The van der Waals surface area contributed by atoms with Gasteiger partial charge in [-0.2, -0.15) is 48.3 Å². The fourth-order valence-corrected chi connectivity index (χ4v) is 1.45. The maximum Gasteiger partial charge on any atom is 0.518 e. The molecule has 0 amide bonds. The standard InChI is InChI=1S/C11H7F11O4/c12-7(13,9(16,17)10(18,19)20)1-2-25-11(21,22)8(14,15)3-5-4-24-6(23)26-5/h4H,1-3H2. The van der Waals surface area contributed by atoms with Crippen molar-refractivity contribution in [3.05, 3.63) is 22.6 Å². The van der Waals surface area contributed by atoms with E-state index in [-0.39, 0.29) is 6.26 Å². The van der Waals surface area contributed by atoms with Crippen molar-refractivity contribution in [2.45, 2.75) is 42.9 Å². The molecule has 1 heterocycles. The minimum Gasteiger partial charge on any atom is -0.399 e. The lowest BCUT2D eigenvalue weighted by molar-refractivity contribution is -0.370. The van der Waals surface area contributed by atoms with E-state index in [1.165, 1.54) is 0 Å². The lowest BCUT2D eigenvalue weighted by atomic mass is 10.1. The Balaban J connectivity index is 2.76. The highest BCUT2D eigenvalue weighted by Gasteiger charge is 2.72. The van der Waals surface area contributed by atoms with E-state index < -0.39 is 61.1 Å². The number of alkyl halides is 11. The smallest absolute Gasteiger partial charge is 0.399 e. The van der Waals surface area contributed by atoms with Crippen LogP contribution < -0.4 is 5.82 Å². The van der Waals surface area contributed by atoms with Crippen molar-refractivity contribution < 1.29 is 61.9 Å². The molecule has 1 rings (SSSR count). The van der Waals surface area contributed by atoms with Crippen LogP contribution in [0.15, 0.2) is 19.9 Å². The Morgan fingerprint density at radius 3 is 1.85 bits per heavy atom. The van der Waals surface area contributed by atoms with Gasteiger partial charge in [0, 0.05) is 6.42 Å². The van der Waals surface area contributed by atoms with E-state index in [0.29, 0.717) is 0 Å². The van der Waals surface area contributed by atoms with Crippen molar-refractivity contribution in [1.82, 2.24) is 0 Å². The fraction of sp³-hybridized carbons (Fsp3) is 0.727. The van der Waals surface area contributed by atoms with E-state index in [1.54, 1.807) is 0 Å². The molecule has 0 radical (unpaired) electrons. The Bertz CT molecular complexity index is 658. The summed E-state index contributed by atoms with van der Waals surface area (Å²) in [4.78, 5) is 10.4. The van der Waals surface area contributed by atoms with Gasteiger partial charge in [-0.3, -0.25) is 0 Å². The van der Waals surface area contributed by atoms with Crippen LogP contribution in [-0.4, -0.2) is 36.7 Å². The van der Waals surface area contributed by atoms with Gasteiger partial charge in [-0.05, 0) is 0 Å². The predicted octanol–water partition coefficient (Wildman–Crippen LogP) is 4.24. The zero-order chi connectivity index (χ0) is 20.6. The average Bonchev–Trinajstić information content (AvgIpc) is 2.81. The van der Waals surface area contributed by atoms with Gasteiger partial charge < -0.3 is 13.6 Å². The summed E-state index contributed by atoms with van der Waals surface area (Å²) in [5, 5.41) is 0. The van der Waals surface area contributed by atoms with Gasteiger partial charge in [0.05, 0.1) is 13.0 Å². The van der Waals surface area contributed by atoms with Gasteiger partial charge in [0.25, 0.3) is 0 Å². The van der Waals surface area contributed by atoms with Crippen LogP contribution >= 0.6 is 0 Å². The van der Waals surface area contributed by atoms with Crippen LogP contribution in [0.3, 0.4) is 0 Å². The topological polar surface area (TPSA) is 52.6 Å². The summed E-state index contributed by atoms with van der Waals surface area (Å²) >= 11 is 0. The molecule has 0 spiro atoms. The second-order valence-corrected chi connectivity index (χ2v) is 4.83. The van der Waals surface area contributed by atoms with E-state index >= 15 is 0 Å². The van der Waals surface area contributed by atoms with E-state index in [9.17, 15) is 53.1 Å². The Labute approximate surface area is 135 Å². The van der Waals surface area contributed by atoms with Crippen molar-refractivity contribution in [1.29, 1.82) is 0 Å². The number of halogens is 11. The van der Waals surface area contributed by atoms with Gasteiger partial charge in [0.1, 0.15) is 6.26 Å². The van der Waals surface area contributed by atoms with Crippen molar-refractivity contribution in [3.8, 4) is 0 Å². The largest absolute Gasteiger partial charge is 0.518 e. The van der Waals surface area contributed by atoms with E-state index in [4.69, 9.17) is 0 Å². The van der Waals surface area contributed by atoms with Crippen LogP contribution in [0.5, 0.6) is 0 Å². The van der Waals surface area contributed by atoms with E-state index in [1.807, 2.05) is 0 Å². The Morgan fingerprint density at radius 1 is 0.885 bits per heavy atom. The zero-order valence-corrected chi connectivity index (χ0v) is 12.0. The van der Waals surface area contributed by atoms with Crippen LogP contribution in [0.4, 0.5) is 48.3 Å². The quantitative estimate of drug-likeness (QED) is 0.600. The summed E-state index contributed by atoms with van der Waals surface area (Å²) in [7, 11) is 0. The molecule has 0 atom stereocenters. The summed E-state index contributed by atoms with van der Waals surface area (Å²) < 4.78 is 150. The number of hydrogen-bond donors (Lipinski definition) is 0. The molecule has 0 N–H and O–H groups in total. The van der Waals surface area contributed by atoms with E-state index in [2.05, 4.69) is 13.6 Å².